The molecule has 1 unspecified atom stereocenters. The van der Waals surface area contributed by atoms with Gasteiger partial charge in [-0.15, -0.1) is 0 Å². The van der Waals surface area contributed by atoms with Crippen LogP contribution in [-0.2, 0) is 9.59 Å². The van der Waals surface area contributed by atoms with E-state index in [0.29, 0.717) is 6.42 Å². The third kappa shape index (κ3) is 3.60. The Hall–Kier alpha value is -2.44. The minimum absolute atomic E-state index is 0.0123. The van der Waals surface area contributed by atoms with Gasteiger partial charge in [0, 0.05) is 0 Å². The maximum Gasteiger partial charge on any atom is 0.325 e. The second-order valence-corrected chi connectivity index (χ2v) is 5.58. The number of halogens is 1. The number of amides is 4. The van der Waals surface area contributed by atoms with Crippen LogP contribution in [0.5, 0.6) is 0 Å². The van der Waals surface area contributed by atoms with Crippen LogP contribution >= 0.6 is 0 Å². The molecule has 2 N–H and O–H groups in total. The van der Waals surface area contributed by atoms with Crippen LogP contribution in [0.25, 0.3) is 0 Å². The minimum Gasteiger partial charge on any atom is -0.326 e. The quantitative estimate of drug-likeness (QED) is 0.813. The van der Waals surface area contributed by atoms with Gasteiger partial charge in [-0.2, -0.15) is 0 Å². The highest BCUT2D eigenvalue weighted by molar-refractivity contribution is 6.07. The summed E-state index contributed by atoms with van der Waals surface area (Å²) in [6.45, 7) is 3.44. The molecule has 118 valence electrons. The van der Waals surface area contributed by atoms with Gasteiger partial charge < -0.3 is 10.6 Å². The first-order chi connectivity index (χ1) is 10.4. The van der Waals surface area contributed by atoms with Gasteiger partial charge >= 0.3 is 6.03 Å². The second kappa shape index (κ2) is 6.55. The van der Waals surface area contributed by atoms with E-state index in [2.05, 4.69) is 10.6 Å². The molecule has 1 fully saturated rings. The first-order valence-corrected chi connectivity index (χ1v) is 7.04. The fourth-order valence-corrected chi connectivity index (χ4v) is 2.25. The van der Waals surface area contributed by atoms with Crippen molar-refractivity contribution >= 4 is 23.5 Å². The number of nitrogens with zero attached hydrogens (tertiary/aromatic N) is 1. The maximum absolute atomic E-state index is 13.4. The van der Waals surface area contributed by atoms with Gasteiger partial charge in [0.25, 0.3) is 5.91 Å². The lowest BCUT2D eigenvalue weighted by molar-refractivity contribution is -0.131. The zero-order valence-electron chi connectivity index (χ0n) is 12.4. The van der Waals surface area contributed by atoms with E-state index >= 15 is 0 Å². The molecule has 0 spiro atoms. The highest BCUT2D eigenvalue weighted by atomic mass is 19.1. The van der Waals surface area contributed by atoms with E-state index in [9.17, 15) is 18.8 Å². The van der Waals surface area contributed by atoms with Gasteiger partial charge in [-0.1, -0.05) is 26.0 Å². The fourth-order valence-electron chi connectivity index (χ4n) is 2.25. The van der Waals surface area contributed by atoms with E-state index in [1.807, 2.05) is 13.8 Å². The molecule has 2 rings (SSSR count). The number of hydrogen-bond donors (Lipinski definition) is 2. The summed E-state index contributed by atoms with van der Waals surface area (Å²) >= 11 is 0. The van der Waals surface area contributed by atoms with Gasteiger partial charge in [0.1, 0.15) is 18.4 Å². The van der Waals surface area contributed by atoms with Gasteiger partial charge in [-0.25, -0.2) is 9.18 Å². The molecule has 4 amide bonds. The van der Waals surface area contributed by atoms with E-state index in [4.69, 9.17) is 0 Å². The molecule has 6 nitrogen and oxygen atoms in total. The molecule has 0 bridgehead atoms. The highest BCUT2D eigenvalue weighted by Crippen LogP contribution is 2.15. The minimum atomic E-state index is -0.626. The SMILES string of the molecule is CC(C)CC1NC(=O)N(CC(=O)Nc2ccccc2F)C1=O. The lowest BCUT2D eigenvalue weighted by atomic mass is 10.0. The molecule has 1 aliphatic heterocycles. The Kier molecular flexibility index (Phi) is 4.75. The van der Waals surface area contributed by atoms with Crippen molar-refractivity contribution in [2.45, 2.75) is 26.3 Å². The van der Waals surface area contributed by atoms with Gasteiger partial charge in [0.2, 0.25) is 5.91 Å². The largest absolute Gasteiger partial charge is 0.326 e. The van der Waals surface area contributed by atoms with Crippen LogP contribution in [0.15, 0.2) is 24.3 Å². The number of benzene rings is 1. The summed E-state index contributed by atoms with van der Waals surface area (Å²) in [6, 6.07) is 4.49. The number of rotatable bonds is 5. The van der Waals surface area contributed by atoms with Crippen molar-refractivity contribution in [1.82, 2.24) is 10.2 Å². The predicted molar refractivity (Wildman–Crippen MR) is 78.5 cm³/mol. The van der Waals surface area contributed by atoms with Crippen molar-refractivity contribution in [3.8, 4) is 0 Å². The Morgan fingerprint density at radius 3 is 2.68 bits per heavy atom. The van der Waals surface area contributed by atoms with E-state index < -0.39 is 36.2 Å². The summed E-state index contributed by atoms with van der Waals surface area (Å²) in [6.07, 6.45) is 0.510. The summed E-state index contributed by atoms with van der Waals surface area (Å²) < 4.78 is 13.4. The number of hydrogen-bond acceptors (Lipinski definition) is 3. The van der Waals surface area contributed by atoms with Crippen LogP contribution in [0.2, 0.25) is 0 Å². The summed E-state index contributed by atoms with van der Waals surface area (Å²) in [4.78, 5) is 36.6. The molecular weight excluding hydrogens is 289 g/mol. The van der Waals surface area contributed by atoms with Crippen molar-refractivity contribution in [2.24, 2.45) is 5.92 Å². The van der Waals surface area contributed by atoms with Crippen LogP contribution in [-0.4, -0.2) is 35.3 Å². The summed E-state index contributed by atoms with van der Waals surface area (Å²) in [5.41, 5.74) is 0.0123. The van der Waals surface area contributed by atoms with Gasteiger partial charge in [0.15, 0.2) is 0 Å². The number of nitrogens with one attached hydrogen (secondary N) is 2. The van der Waals surface area contributed by atoms with Gasteiger partial charge in [-0.05, 0) is 24.5 Å². The molecule has 0 aromatic heterocycles. The van der Waals surface area contributed by atoms with Gasteiger partial charge in [-0.3, -0.25) is 14.5 Å². The molecule has 7 heteroatoms. The molecule has 0 saturated carbocycles. The van der Waals surface area contributed by atoms with Crippen molar-refractivity contribution in [3.63, 3.8) is 0 Å². The Morgan fingerprint density at radius 1 is 1.36 bits per heavy atom. The monoisotopic (exact) mass is 307 g/mol. The lowest BCUT2D eigenvalue weighted by Crippen LogP contribution is -2.38. The topological polar surface area (TPSA) is 78.5 Å². The maximum atomic E-state index is 13.4. The first kappa shape index (κ1) is 15.9. The Bertz CT molecular complexity index is 603. The molecule has 1 aromatic carbocycles. The second-order valence-electron chi connectivity index (χ2n) is 5.58. The summed E-state index contributed by atoms with van der Waals surface area (Å²) in [5.74, 6) is -1.40. The molecule has 0 radical (unpaired) electrons. The number of imide groups is 1. The molecule has 0 aliphatic carbocycles. The fraction of sp³-hybridized carbons (Fsp3) is 0.400. The van der Waals surface area contributed by atoms with Crippen LogP contribution < -0.4 is 10.6 Å². The third-order valence-electron chi connectivity index (χ3n) is 3.26. The molecule has 22 heavy (non-hydrogen) atoms. The van der Waals surface area contributed by atoms with E-state index in [0.717, 1.165) is 4.90 Å². The average molecular weight is 307 g/mol. The number of anilines is 1. The van der Waals surface area contributed by atoms with Crippen molar-refractivity contribution in [1.29, 1.82) is 0 Å². The number of para-hydroxylation sites is 1. The normalized spacial score (nSPS) is 17.8. The smallest absolute Gasteiger partial charge is 0.325 e. The van der Waals surface area contributed by atoms with Crippen LogP contribution in [0.4, 0.5) is 14.9 Å². The first-order valence-electron chi connectivity index (χ1n) is 7.04. The van der Waals surface area contributed by atoms with Crippen LogP contribution in [0.1, 0.15) is 20.3 Å². The molecule has 1 heterocycles. The zero-order chi connectivity index (χ0) is 16.3. The van der Waals surface area contributed by atoms with Gasteiger partial charge in [0.05, 0.1) is 5.69 Å². The van der Waals surface area contributed by atoms with E-state index in [-0.39, 0.29) is 11.6 Å². The van der Waals surface area contributed by atoms with Crippen LogP contribution in [0.3, 0.4) is 0 Å². The number of carbonyl (C=O) groups is 3. The average Bonchev–Trinajstić information content (AvgIpc) is 2.68. The highest BCUT2D eigenvalue weighted by Gasteiger charge is 2.39. The standard InChI is InChI=1S/C15H18FN3O3/c1-9(2)7-12-14(21)19(15(22)18-12)8-13(20)17-11-6-4-3-5-10(11)16/h3-6,9,12H,7-8H2,1-2H3,(H,17,20)(H,18,22). The Morgan fingerprint density at radius 2 is 2.05 bits per heavy atom. The van der Waals surface area contributed by atoms with Crippen LogP contribution in [0, 0.1) is 11.7 Å². The number of urea groups is 1. The zero-order valence-corrected chi connectivity index (χ0v) is 12.4. The Labute approximate surface area is 127 Å². The predicted octanol–water partition coefficient (Wildman–Crippen LogP) is 1.73. The van der Waals surface area contributed by atoms with E-state index in [1.54, 1.807) is 6.07 Å². The Balaban J connectivity index is 1.98. The molecule has 1 aromatic rings. The van der Waals surface area contributed by atoms with Crippen molar-refractivity contribution < 1.29 is 18.8 Å². The van der Waals surface area contributed by atoms with Crippen molar-refractivity contribution in [3.05, 3.63) is 30.1 Å². The lowest BCUT2D eigenvalue weighted by Gasteiger charge is -2.14. The molecular formula is C15H18FN3O3. The number of carbonyl (C=O) groups excluding carboxylic acids is 3. The van der Waals surface area contributed by atoms with E-state index in [1.165, 1.54) is 18.2 Å². The van der Waals surface area contributed by atoms with Crippen molar-refractivity contribution in [2.75, 3.05) is 11.9 Å². The summed E-state index contributed by atoms with van der Waals surface area (Å²) in [7, 11) is 0. The molecule has 1 atom stereocenters. The third-order valence-corrected chi connectivity index (χ3v) is 3.26. The summed E-state index contributed by atoms with van der Waals surface area (Å²) in [5, 5.41) is 4.90. The molecule has 1 saturated heterocycles. The molecule has 1 aliphatic rings.